The van der Waals surface area contributed by atoms with Crippen molar-refractivity contribution in [1.29, 1.82) is 0 Å². The molecule has 2 aliphatic carbocycles. The molecule has 0 radical (unpaired) electrons. The Hall–Kier alpha value is -5.58. The smallest absolute Gasteiger partial charge is 0.324 e. The van der Waals surface area contributed by atoms with Crippen LogP contribution >= 0.6 is 0 Å². The number of allylic oxidation sites excluding steroid dienone is 1. The number of rotatable bonds is 12. The van der Waals surface area contributed by atoms with Gasteiger partial charge in [-0.05, 0) is 130 Å². The van der Waals surface area contributed by atoms with Crippen LogP contribution in [0.2, 0.25) is 0 Å². The Morgan fingerprint density at radius 3 is 2.53 bits per heavy atom. The number of nitrogens with one attached hydrogen (secondary N) is 3. The zero-order valence-corrected chi connectivity index (χ0v) is 42.0. The molecule has 9 rings (SSSR count). The number of ether oxygens (including phenoxy) is 2. The molecule has 2 saturated heterocycles. The van der Waals surface area contributed by atoms with Gasteiger partial charge in [0.05, 0.1) is 30.6 Å². The van der Waals surface area contributed by atoms with E-state index >= 15 is 0 Å². The normalized spacial score (nSPS) is 24.8. The first kappa shape index (κ1) is 49.4. The molecule has 6 atom stereocenters. The number of nitrogens with zero attached hydrogens (tertiary/aromatic N) is 5. The van der Waals surface area contributed by atoms with Crippen molar-refractivity contribution in [2.45, 2.75) is 148 Å². The standard InChI is InChI=1S/C54H72N8O8/c1-8-61-43-20-19-35-27-39(43)40(49(61)38-15-11-21-55-45(38)31(2)69-7)28-54(3,4)30-70-53(68)41-16-12-22-62(58-41)51(66)42(25-32-23-36(35)26-37(63)24-32)56-50(65)48(34-13-9-10-14-34)60(6)44(64)29-59(5)52(67)47-46(57-47)33-17-18-33/h19-21,23-24,26-27,31,33-34,41-42,46-48,57-58,63H,8-18,22,25,28-30H2,1-7H3,(H,56,65)/t31-,41-,42-,46+,47+,48-/m0/s1. The number of phenolic OH excluding ortho intramolecular Hbond substituents is 1. The summed E-state index contributed by atoms with van der Waals surface area (Å²) in [5.74, 6) is -1.51. The summed E-state index contributed by atoms with van der Waals surface area (Å²) in [5, 5.41) is 20.2. The Morgan fingerprint density at radius 1 is 1.03 bits per heavy atom. The minimum Gasteiger partial charge on any atom is -0.508 e. The van der Waals surface area contributed by atoms with Gasteiger partial charge in [-0.1, -0.05) is 38.8 Å². The molecule has 4 N–H and O–H groups in total. The van der Waals surface area contributed by atoms with Crippen LogP contribution in [0.5, 0.6) is 5.75 Å². The third kappa shape index (κ3) is 10.3. The summed E-state index contributed by atoms with van der Waals surface area (Å²) in [6, 6.07) is 8.66. The Labute approximate surface area is 411 Å². The lowest BCUT2D eigenvalue weighted by Gasteiger charge is -2.37. The number of likely N-dealkylation sites (N-methyl/N-ethyl adjacent to an activating group) is 2. The highest BCUT2D eigenvalue weighted by atomic mass is 16.5. The van der Waals surface area contributed by atoms with Gasteiger partial charge >= 0.3 is 5.97 Å². The highest BCUT2D eigenvalue weighted by Crippen LogP contribution is 2.43. The summed E-state index contributed by atoms with van der Waals surface area (Å²) in [7, 11) is 4.94. The number of benzene rings is 2. The van der Waals surface area contributed by atoms with E-state index in [0.29, 0.717) is 37.3 Å². The number of aromatic nitrogens is 1. The number of amides is 4. The molecule has 0 unspecified atom stereocenters. The first-order valence-electron chi connectivity index (χ1n) is 25.6. The lowest BCUT2D eigenvalue weighted by Crippen LogP contribution is -2.62. The fourth-order valence-electron chi connectivity index (χ4n) is 11.6. The van der Waals surface area contributed by atoms with Gasteiger partial charge in [-0.15, -0.1) is 0 Å². The minimum atomic E-state index is -1.15. The van der Waals surface area contributed by atoms with Crippen LogP contribution in [0.25, 0.3) is 27.6 Å². The second-order valence-electron chi connectivity index (χ2n) is 21.5. The van der Waals surface area contributed by atoms with Crippen molar-refractivity contribution in [3.05, 3.63) is 58.9 Å². The number of cyclic esters (lactones) is 1. The molecule has 16 nitrogen and oxygen atoms in total. The molecular formula is C54H72N8O8. The van der Waals surface area contributed by atoms with E-state index in [-0.39, 0.29) is 67.8 Å². The fourth-order valence-corrected chi connectivity index (χ4v) is 11.6. The van der Waals surface area contributed by atoms with Gasteiger partial charge in [-0.3, -0.25) is 39.3 Å². The van der Waals surface area contributed by atoms with Crippen molar-refractivity contribution >= 4 is 52.3 Å². The molecule has 2 saturated carbocycles. The minimum absolute atomic E-state index is 0.00713. The lowest BCUT2D eigenvalue weighted by molar-refractivity contribution is -0.155. The number of aryl methyl sites for hydroxylation is 1. The Kier molecular flexibility index (Phi) is 14.3. The number of aliphatic imine (C=N–C) groups is 1. The van der Waals surface area contributed by atoms with Gasteiger partial charge in [0.25, 0.3) is 5.91 Å². The third-order valence-electron chi connectivity index (χ3n) is 15.6. The van der Waals surface area contributed by atoms with Crippen molar-refractivity contribution in [1.82, 2.24) is 35.4 Å². The molecule has 4 amide bonds. The predicted octanol–water partition coefficient (Wildman–Crippen LogP) is 5.52. The van der Waals surface area contributed by atoms with E-state index in [9.17, 15) is 29.1 Å². The maximum absolute atomic E-state index is 14.9. The molecular weight excluding hydrogens is 889 g/mol. The van der Waals surface area contributed by atoms with Gasteiger partial charge < -0.3 is 34.3 Å². The van der Waals surface area contributed by atoms with Gasteiger partial charge in [0, 0.05) is 74.9 Å². The monoisotopic (exact) mass is 961 g/mol. The van der Waals surface area contributed by atoms with E-state index in [1.165, 1.54) is 14.8 Å². The Bertz CT molecular complexity index is 2590. The summed E-state index contributed by atoms with van der Waals surface area (Å²) < 4.78 is 14.4. The van der Waals surface area contributed by atoms with Crippen LogP contribution in [0.15, 0.2) is 47.1 Å². The van der Waals surface area contributed by atoms with Gasteiger partial charge in [-0.25, -0.2) is 5.43 Å². The topological polar surface area (TPSA) is 197 Å². The lowest BCUT2D eigenvalue weighted by atomic mass is 9.83. The summed E-state index contributed by atoms with van der Waals surface area (Å²) >= 11 is 0. The molecule has 70 heavy (non-hydrogen) atoms. The zero-order chi connectivity index (χ0) is 49.6. The van der Waals surface area contributed by atoms with E-state index in [1.54, 1.807) is 33.3 Å². The number of phenols is 1. The van der Waals surface area contributed by atoms with Gasteiger partial charge in [-0.2, -0.15) is 0 Å². The average Bonchev–Trinajstić information content (AvgIpc) is 4.27. The van der Waals surface area contributed by atoms with Gasteiger partial charge in [0.2, 0.25) is 17.7 Å². The molecule has 3 aromatic rings. The molecule has 6 bridgehead atoms. The summed E-state index contributed by atoms with van der Waals surface area (Å²) in [6.45, 7) is 9.30. The number of carbonyl (C=O) groups excluding carboxylic acids is 5. The average molecular weight is 961 g/mol. The number of aromatic hydroxyl groups is 1. The first-order valence-corrected chi connectivity index (χ1v) is 25.6. The number of methoxy groups -OCH3 is 1. The molecule has 16 heteroatoms. The molecule has 5 heterocycles. The summed E-state index contributed by atoms with van der Waals surface area (Å²) in [4.78, 5) is 78.9. The highest BCUT2D eigenvalue weighted by molar-refractivity contribution is 5.96. The molecule has 6 aliphatic rings. The summed E-state index contributed by atoms with van der Waals surface area (Å²) in [6.07, 6.45) is 10.4. The summed E-state index contributed by atoms with van der Waals surface area (Å²) in [5.41, 5.74) is 10.1. The number of hydrogen-bond acceptors (Lipinski definition) is 11. The SMILES string of the molecule is CCn1c(C2=C([C@H](C)OC)N=CCC2)c2c3cc(ccc31)-c1cc(O)cc(c1)C[C@H](NC(=O)[C@H](C1CCCC1)N(C)C(=O)CN(C)C(=O)[C@@H]1N[C@@H]1C1CC1)C(=O)N1CCC[C@H](N1)C(=O)OCC(C)(C)C2. The molecule has 4 fully saturated rings. The number of fused-ring (bicyclic) bond motifs is 6. The maximum Gasteiger partial charge on any atom is 0.324 e. The number of hydrogen-bond donors (Lipinski definition) is 4. The fraction of sp³-hybridized carbons (Fsp3) is 0.593. The van der Waals surface area contributed by atoms with Gasteiger partial charge in [0.1, 0.15) is 29.9 Å². The van der Waals surface area contributed by atoms with Crippen LogP contribution in [0.1, 0.15) is 109 Å². The quantitative estimate of drug-likeness (QED) is 0.133. The van der Waals surface area contributed by atoms with E-state index in [4.69, 9.17) is 14.5 Å². The third-order valence-corrected chi connectivity index (χ3v) is 15.6. The van der Waals surface area contributed by atoms with Gasteiger partial charge in [0.15, 0.2) is 0 Å². The van der Waals surface area contributed by atoms with Crippen molar-refractivity contribution < 1.29 is 38.6 Å². The Balaban J connectivity index is 1.08. The molecule has 376 valence electrons. The van der Waals surface area contributed by atoms with Crippen molar-refractivity contribution in [3.8, 4) is 16.9 Å². The number of hydrazine groups is 1. The molecule has 2 aromatic carbocycles. The van der Waals surface area contributed by atoms with Crippen LogP contribution in [-0.2, 0) is 52.8 Å². The van der Waals surface area contributed by atoms with Crippen molar-refractivity contribution in [2.24, 2.45) is 22.2 Å². The largest absolute Gasteiger partial charge is 0.508 e. The maximum atomic E-state index is 14.9. The van der Waals surface area contributed by atoms with Crippen LogP contribution in [0, 0.1) is 17.3 Å². The van der Waals surface area contributed by atoms with E-state index < -0.39 is 41.3 Å². The van der Waals surface area contributed by atoms with E-state index in [2.05, 4.69) is 59.6 Å². The van der Waals surface area contributed by atoms with E-state index in [0.717, 1.165) is 95.9 Å². The van der Waals surface area contributed by atoms with Crippen LogP contribution in [-0.4, -0.2) is 138 Å². The second kappa shape index (κ2) is 20.3. The Morgan fingerprint density at radius 2 is 1.80 bits per heavy atom. The molecule has 1 aromatic heterocycles. The van der Waals surface area contributed by atoms with Crippen LogP contribution < -0.4 is 16.1 Å². The molecule has 0 spiro atoms. The highest BCUT2D eigenvalue weighted by Gasteiger charge is 2.52. The first-order chi connectivity index (χ1) is 33.5. The molecule has 4 aliphatic heterocycles. The second-order valence-corrected chi connectivity index (χ2v) is 21.5. The van der Waals surface area contributed by atoms with Crippen molar-refractivity contribution in [2.75, 3.05) is 40.9 Å². The van der Waals surface area contributed by atoms with E-state index in [1.807, 2.05) is 19.2 Å². The van der Waals surface area contributed by atoms with Crippen LogP contribution in [0.3, 0.4) is 0 Å². The van der Waals surface area contributed by atoms with Crippen LogP contribution in [0.4, 0.5) is 0 Å². The van der Waals surface area contributed by atoms with Crippen molar-refractivity contribution in [3.63, 3.8) is 0 Å². The zero-order valence-electron chi connectivity index (χ0n) is 42.0. The number of carbonyl (C=O) groups is 5. The predicted molar refractivity (Wildman–Crippen MR) is 267 cm³/mol. The number of esters is 1.